The van der Waals surface area contributed by atoms with Crippen LogP contribution in [0.2, 0.25) is 0 Å². The lowest BCUT2D eigenvalue weighted by molar-refractivity contribution is -0.189. The minimum Gasteiger partial charge on any atom is -0.346 e. The lowest BCUT2D eigenvalue weighted by Crippen LogP contribution is -2.49. The van der Waals surface area contributed by atoms with Gasteiger partial charge >= 0.3 is 6.18 Å². The summed E-state index contributed by atoms with van der Waals surface area (Å²) in [6.45, 7) is 0. The molecule has 1 aliphatic rings. The van der Waals surface area contributed by atoms with E-state index < -0.39 is 29.8 Å². The van der Waals surface area contributed by atoms with Gasteiger partial charge in [0.1, 0.15) is 0 Å². The third-order valence-electron chi connectivity index (χ3n) is 3.68. The molecule has 1 aliphatic carbocycles. The van der Waals surface area contributed by atoms with Crippen LogP contribution in [-0.2, 0) is 11.8 Å². The fourth-order valence-electron chi connectivity index (χ4n) is 2.60. The van der Waals surface area contributed by atoms with Gasteiger partial charge in [0, 0.05) is 19.3 Å². The number of ketones is 1. The third kappa shape index (κ3) is 3.62. The molecule has 0 bridgehead atoms. The summed E-state index contributed by atoms with van der Waals surface area (Å²) in [6.07, 6.45) is -0.499. The molecule has 2 rings (SSSR count). The Morgan fingerprint density at radius 2 is 2.00 bits per heavy atom. The van der Waals surface area contributed by atoms with Gasteiger partial charge in [-0.05, 0) is 12.8 Å². The highest BCUT2D eigenvalue weighted by Gasteiger charge is 2.46. The van der Waals surface area contributed by atoms with E-state index in [0.29, 0.717) is 12.8 Å². The predicted molar refractivity (Wildman–Crippen MR) is 67.5 cm³/mol. The number of hydrogen-bond donors (Lipinski definition) is 1. The summed E-state index contributed by atoms with van der Waals surface area (Å²) >= 11 is 0. The van der Waals surface area contributed by atoms with Crippen molar-refractivity contribution >= 4 is 11.7 Å². The van der Waals surface area contributed by atoms with Gasteiger partial charge in [0.25, 0.3) is 11.7 Å². The first-order valence-electron chi connectivity index (χ1n) is 6.69. The van der Waals surface area contributed by atoms with E-state index in [1.807, 2.05) is 0 Å². The van der Waals surface area contributed by atoms with Crippen LogP contribution < -0.4 is 5.32 Å². The van der Waals surface area contributed by atoms with Gasteiger partial charge in [-0.25, -0.2) is 0 Å². The number of carbonyl (C=O) groups is 2. The number of Topliss-reactive ketones (excluding diaryl/α,β-unsaturated/α-hetero) is 1. The number of aryl methyl sites for hydroxylation is 1. The van der Waals surface area contributed by atoms with E-state index in [1.165, 1.54) is 17.1 Å². The van der Waals surface area contributed by atoms with Crippen LogP contribution in [0.4, 0.5) is 13.2 Å². The number of alkyl halides is 3. The molecule has 1 amide bonds. The molecule has 8 heteroatoms. The molecule has 0 aliphatic heterocycles. The van der Waals surface area contributed by atoms with Crippen LogP contribution in [0, 0.1) is 5.92 Å². The van der Waals surface area contributed by atoms with Crippen molar-refractivity contribution in [3.05, 3.63) is 18.0 Å². The van der Waals surface area contributed by atoms with E-state index in [4.69, 9.17) is 0 Å². The Morgan fingerprint density at radius 3 is 2.57 bits per heavy atom. The molecule has 0 aromatic carbocycles. The summed E-state index contributed by atoms with van der Waals surface area (Å²) in [4.78, 5) is 23.7. The summed E-state index contributed by atoms with van der Waals surface area (Å²) < 4.78 is 40.1. The van der Waals surface area contributed by atoms with Gasteiger partial charge in [0.15, 0.2) is 0 Å². The number of nitrogens with zero attached hydrogens (tertiary/aromatic N) is 2. The van der Waals surface area contributed by atoms with Crippen LogP contribution in [0.25, 0.3) is 0 Å². The van der Waals surface area contributed by atoms with Gasteiger partial charge in [0.05, 0.1) is 17.7 Å². The second kappa shape index (κ2) is 5.87. The standard InChI is InChI=1S/C13H16F3N3O2/c1-19-7-8(6-17-19)11(20)12(21)18-10-5-3-2-4-9(10)13(14,15)16/h6-7,9-10H,2-5H2,1H3,(H,18,21). The van der Waals surface area contributed by atoms with Gasteiger partial charge in [0.2, 0.25) is 0 Å². The average Bonchev–Trinajstić information content (AvgIpc) is 2.84. The van der Waals surface area contributed by atoms with Crippen molar-refractivity contribution in [3.63, 3.8) is 0 Å². The predicted octanol–water partition coefficient (Wildman–Crippen LogP) is 1.84. The highest BCUT2D eigenvalue weighted by atomic mass is 19.4. The molecule has 5 nitrogen and oxygen atoms in total. The molecular weight excluding hydrogens is 287 g/mol. The number of rotatable bonds is 3. The molecule has 1 heterocycles. The Morgan fingerprint density at radius 1 is 1.33 bits per heavy atom. The molecule has 0 radical (unpaired) electrons. The molecule has 21 heavy (non-hydrogen) atoms. The molecule has 1 aromatic rings. The van der Waals surface area contributed by atoms with Crippen LogP contribution in [0.15, 0.2) is 12.4 Å². The van der Waals surface area contributed by atoms with E-state index in [1.54, 1.807) is 7.05 Å². The molecule has 1 fully saturated rings. The summed E-state index contributed by atoms with van der Waals surface area (Å²) in [5.41, 5.74) is 0.0642. The monoisotopic (exact) mass is 303 g/mol. The first-order valence-corrected chi connectivity index (χ1v) is 6.69. The Labute approximate surface area is 119 Å². The van der Waals surface area contributed by atoms with Gasteiger partial charge in [-0.2, -0.15) is 18.3 Å². The summed E-state index contributed by atoms with van der Waals surface area (Å²) in [7, 11) is 1.58. The molecule has 2 unspecified atom stereocenters. The first-order chi connectivity index (χ1) is 9.79. The fraction of sp³-hybridized carbons (Fsp3) is 0.615. The second-order valence-corrected chi connectivity index (χ2v) is 5.24. The van der Waals surface area contributed by atoms with E-state index in [-0.39, 0.29) is 18.4 Å². The van der Waals surface area contributed by atoms with Crippen LogP contribution in [-0.4, -0.2) is 33.7 Å². The molecule has 0 saturated heterocycles. The Bertz CT molecular complexity index is 539. The maximum Gasteiger partial charge on any atom is 0.393 e. The van der Waals surface area contributed by atoms with Crippen LogP contribution in [0.3, 0.4) is 0 Å². The number of amides is 1. The first kappa shape index (κ1) is 15.5. The van der Waals surface area contributed by atoms with Crippen molar-refractivity contribution in [2.24, 2.45) is 13.0 Å². The van der Waals surface area contributed by atoms with Gasteiger partial charge in [-0.15, -0.1) is 0 Å². The van der Waals surface area contributed by atoms with E-state index >= 15 is 0 Å². The fourth-order valence-corrected chi connectivity index (χ4v) is 2.60. The van der Waals surface area contributed by atoms with E-state index in [9.17, 15) is 22.8 Å². The number of hydrogen-bond acceptors (Lipinski definition) is 3. The number of aromatic nitrogens is 2. The molecule has 116 valence electrons. The number of carbonyl (C=O) groups excluding carboxylic acids is 2. The lowest BCUT2D eigenvalue weighted by atomic mass is 9.84. The molecule has 2 atom stereocenters. The quantitative estimate of drug-likeness (QED) is 0.684. The van der Waals surface area contributed by atoms with Crippen LogP contribution in [0.5, 0.6) is 0 Å². The summed E-state index contributed by atoms with van der Waals surface area (Å²) in [6, 6.07) is -1.04. The van der Waals surface area contributed by atoms with Gasteiger partial charge in [-0.1, -0.05) is 12.8 Å². The van der Waals surface area contributed by atoms with E-state index in [0.717, 1.165) is 0 Å². The van der Waals surface area contributed by atoms with Crippen molar-refractivity contribution in [2.45, 2.75) is 37.9 Å². The lowest BCUT2D eigenvalue weighted by Gasteiger charge is -2.33. The summed E-state index contributed by atoms with van der Waals surface area (Å²) in [5.74, 6) is -3.46. The van der Waals surface area contributed by atoms with Crippen molar-refractivity contribution in [3.8, 4) is 0 Å². The zero-order valence-electron chi connectivity index (χ0n) is 11.5. The smallest absolute Gasteiger partial charge is 0.346 e. The molecule has 0 spiro atoms. The van der Waals surface area contributed by atoms with Crippen LogP contribution >= 0.6 is 0 Å². The van der Waals surface area contributed by atoms with Crippen molar-refractivity contribution < 1.29 is 22.8 Å². The molecule has 1 saturated carbocycles. The Balaban J connectivity index is 2.05. The maximum atomic E-state index is 12.9. The minimum atomic E-state index is -4.37. The zero-order valence-corrected chi connectivity index (χ0v) is 11.5. The highest BCUT2D eigenvalue weighted by molar-refractivity contribution is 6.42. The summed E-state index contributed by atoms with van der Waals surface area (Å²) in [5, 5.41) is 5.99. The topological polar surface area (TPSA) is 64.0 Å². The van der Waals surface area contributed by atoms with E-state index in [2.05, 4.69) is 10.4 Å². The van der Waals surface area contributed by atoms with Crippen LogP contribution in [0.1, 0.15) is 36.0 Å². The van der Waals surface area contributed by atoms with Crippen molar-refractivity contribution in [1.82, 2.24) is 15.1 Å². The normalized spacial score (nSPS) is 22.9. The van der Waals surface area contributed by atoms with Crippen molar-refractivity contribution in [1.29, 1.82) is 0 Å². The third-order valence-corrected chi connectivity index (χ3v) is 3.68. The molecule has 1 N–H and O–H groups in total. The largest absolute Gasteiger partial charge is 0.393 e. The molecular formula is C13H16F3N3O2. The average molecular weight is 303 g/mol. The minimum absolute atomic E-state index is 0.0183. The zero-order chi connectivity index (χ0) is 15.6. The Kier molecular flexibility index (Phi) is 4.34. The van der Waals surface area contributed by atoms with Crippen molar-refractivity contribution in [2.75, 3.05) is 0 Å². The number of nitrogens with one attached hydrogen (secondary N) is 1. The highest BCUT2D eigenvalue weighted by Crippen LogP contribution is 2.37. The Hall–Kier alpha value is -1.86. The second-order valence-electron chi connectivity index (χ2n) is 5.24. The maximum absolute atomic E-state index is 12.9. The van der Waals surface area contributed by atoms with Gasteiger partial charge in [-0.3, -0.25) is 14.3 Å². The molecule has 1 aromatic heterocycles. The van der Waals surface area contributed by atoms with Gasteiger partial charge < -0.3 is 5.32 Å². The number of halogens is 3. The SMILES string of the molecule is Cn1cc(C(=O)C(=O)NC2CCCCC2C(F)(F)F)cn1.